The number of aliphatic carboxylic acids is 1. The molecule has 0 aromatic rings. The SMILES string of the molecule is CN1CCN(C)C(CNC(=O)CCCC(=O)O)C1. The molecule has 1 unspecified atom stereocenters. The molecule has 0 aliphatic carbocycles. The minimum atomic E-state index is -0.851. The second kappa shape index (κ2) is 7.33. The molecule has 1 rings (SSSR count). The molecule has 0 bridgehead atoms. The predicted octanol–water partition coefficient (Wildman–Crippen LogP) is -0.397. The van der Waals surface area contributed by atoms with Gasteiger partial charge < -0.3 is 15.3 Å². The van der Waals surface area contributed by atoms with E-state index in [1.54, 1.807) is 0 Å². The van der Waals surface area contributed by atoms with Crippen LogP contribution in [0.4, 0.5) is 0 Å². The van der Waals surface area contributed by atoms with Crippen LogP contribution in [-0.2, 0) is 9.59 Å². The summed E-state index contributed by atoms with van der Waals surface area (Å²) in [6, 6.07) is 0.340. The van der Waals surface area contributed by atoms with Crippen LogP contribution in [0.3, 0.4) is 0 Å². The number of likely N-dealkylation sites (N-methyl/N-ethyl adjacent to an activating group) is 2. The van der Waals surface area contributed by atoms with Gasteiger partial charge in [-0.25, -0.2) is 0 Å². The summed E-state index contributed by atoms with van der Waals surface area (Å²) in [5, 5.41) is 11.4. The van der Waals surface area contributed by atoms with E-state index in [1.165, 1.54) is 0 Å². The lowest BCUT2D eigenvalue weighted by atomic mass is 10.1. The van der Waals surface area contributed by atoms with Crippen molar-refractivity contribution in [3.63, 3.8) is 0 Å². The molecule has 6 heteroatoms. The second-order valence-corrected chi connectivity index (χ2v) is 4.95. The molecule has 18 heavy (non-hydrogen) atoms. The first-order valence-electron chi connectivity index (χ1n) is 6.36. The highest BCUT2D eigenvalue weighted by Gasteiger charge is 2.22. The minimum absolute atomic E-state index is 0.0550. The minimum Gasteiger partial charge on any atom is -0.481 e. The smallest absolute Gasteiger partial charge is 0.303 e. The van der Waals surface area contributed by atoms with E-state index in [-0.39, 0.29) is 12.3 Å². The number of carbonyl (C=O) groups excluding carboxylic acids is 1. The summed E-state index contributed by atoms with van der Waals surface area (Å²) in [5.41, 5.74) is 0. The Kier molecular flexibility index (Phi) is 6.07. The summed E-state index contributed by atoms with van der Waals surface area (Å²) in [6.07, 6.45) is 0.750. The number of nitrogens with one attached hydrogen (secondary N) is 1. The van der Waals surface area contributed by atoms with Gasteiger partial charge in [0, 0.05) is 45.1 Å². The fourth-order valence-electron chi connectivity index (χ4n) is 2.04. The fraction of sp³-hybridized carbons (Fsp3) is 0.833. The second-order valence-electron chi connectivity index (χ2n) is 4.95. The number of carboxylic acids is 1. The van der Waals surface area contributed by atoms with Crippen LogP contribution in [0.25, 0.3) is 0 Å². The van der Waals surface area contributed by atoms with Crippen molar-refractivity contribution in [1.29, 1.82) is 0 Å². The highest BCUT2D eigenvalue weighted by atomic mass is 16.4. The average molecular weight is 257 g/mol. The molecule has 1 aliphatic rings. The van der Waals surface area contributed by atoms with Crippen molar-refractivity contribution in [2.75, 3.05) is 40.3 Å². The topological polar surface area (TPSA) is 72.9 Å². The van der Waals surface area contributed by atoms with Gasteiger partial charge in [-0.3, -0.25) is 14.5 Å². The number of hydrogen-bond donors (Lipinski definition) is 2. The third-order valence-corrected chi connectivity index (χ3v) is 3.31. The zero-order chi connectivity index (χ0) is 13.5. The Hall–Kier alpha value is -1.14. The lowest BCUT2D eigenvalue weighted by Gasteiger charge is -2.37. The number of hydrogen-bond acceptors (Lipinski definition) is 4. The van der Waals surface area contributed by atoms with Crippen LogP contribution in [0.2, 0.25) is 0 Å². The molecular weight excluding hydrogens is 234 g/mol. The first-order valence-corrected chi connectivity index (χ1v) is 6.36. The zero-order valence-corrected chi connectivity index (χ0v) is 11.2. The van der Waals surface area contributed by atoms with Crippen molar-refractivity contribution in [2.24, 2.45) is 0 Å². The number of carboxylic acid groups (broad SMARTS) is 1. The standard InChI is InChI=1S/C12H23N3O3/c1-14-6-7-15(2)10(9-14)8-13-11(16)4-3-5-12(17)18/h10H,3-9H2,1-2H3,(H,13,16)(H,17,18). The monoisotopic (exact) mass is 257 g/mol. The van der Waals surface area contributed by atoms with Crippen LogP contribution in [0.15, 0.2) is 0 Å². The Balaban J connectivity index is 2.18. The Morgan fingerprint density at radius 2 is 2.00 bits per heavy atom. The largest absolute Gasteiger partial charge is 0.481 e. The van der Waals surface area contributed by atoms with Gasteiger partial charge in [0.05, 0.1) is 0 Å². The van der Waals surface area contributed by atoms with Crippen molar-refractivity contribution in [3.8, 4) is 0 Å². The molecule has 1 fully saturated rings. The van der Waals surface area contributed by atoms with E-state index in [2.05, 4.69) is 29.2 Å². The van der Waals surface area contributed by atoms with Crippen molar-refractivity contribution in [2.45, 2.75) is 25.3 Å². The van der Waals surface area contributed by atoms with E-state index in [4.69, 9.17) is 5.11 Å². The van der Waals surface area contributed by atoms with Gasteiger partial charge in [-0.15, -0.1) is 0 Å². The molecular formula is C12H23N3O3. The Morgan fingerprint density at radius 3 is 2.67 bits per heavy atom. The molecule has 104 valence electrons. The summed E-state index contributed by atoms with van der Waals surface area (Å²) in [5.74, 6) is -0.908. The number of nitrogens with zero attached hydrogens (tertiary/aromatic N) is 2. The molecule has 1 saturated heterocycles. The maximum atomic E-state index is 11.5. The molecule has 0 saturated carbocycles. The quantitative estimate of drug-likeness (QED) is 0.677. The van der Waals surface area contributed by atoms with Crippen LogP contribution < -0.4 is 5.32 Å². The highest BCUT2D eigenvalue weighted by molar-refractivity contribution is 5.76. The van der Waals surface area contributed by atoms with Gasteiger partial charge in [0.25, 0.3) is 0 Å². The maximum absolute atomic E-state index is 11.5. The van der Waals surface area contributed by atoms with E-state index in [1.807, 2.05) is 0 Å². The summed E-state index contributed by atoms with van der Waals surface area (Å²) in [4.78, 5) is 26.3. The molecule has 6 nitrogen and oxygen atoms in total. The van der Waals surface area contributed by atoms with E-state index >= 15 is 0 Å². The Labute approximate surface area is 108 Å². The summed E-state index contributed by atoms with van der Waals surface area (Å²) < 4.78 is 0. The van der Waals surface area contributed by atoms with Gasteiger partial charge >= 0.3 is 5.97 Å². The van der Waals surface area contributed by atoms with E-state index in [0.717, 1.165) is 19.6 Å². The molecule has 1 heterocycles. The number of amides is 1. The molecule has 0 spiro atoms. The molecule has 0 radical (unpaired) electrons. The molecule has 0 aromatic carbocycles. The van der Waals surface area contributed by atoms with Crippen molar-refractivity contribution in [1.82, 2.24) is 15.1 Å². The molecule has 1 atom stereocenters. The van der Waals surface area contributed by atoms with Crippen LogP contribution in [0.1, 0.15) is 19.3 Å². The summed E-state index contributed by atoms with van der Waals surface area (Å²) in [7, 11) is 4.14. The number of carbonyl (C=O) groups is 2. The maximum Gasteiger partial charge on any atom is 0.303 e. The summed E-state index contributed by atoms with van der Waals surface area (Å²) in [6.45, 7) is 3.65. The zero-order valence-electron chi connectivity index (χ0n) is 11.2. The first kappa shape index (κ1) is 14.9. The van der Waals surface area contributed by atoms with Gasteiger partial charge in [0.1, 0.15) is 0 Å². The third-order valence-electron chi connectivity index (χ3n) is 3.31. The molecule has 2 N–H and O–H groups in total. The summed E-state index contributed by atoms with van der Waals surface area (Å²) >= 11 is 0. The Morgan fingerprint density at radius 1 is 1.28 bits per heavy atom. The van der Waals surface area contributed by atoms with Crippen LogP contribution >= 0.6 is 0 Å². The van der Waals surface area contributed by atoms with Gasteiger partial charge in [-0.05, 0) is 20.5 Å². The first-order chi connectivity index (χ1) is 8.49. The molecule has 1 aliphatic heterocycles. The van der Waals surface area contributed by atoms with Gasteiger partial charge in [-0.2, -0.15) is 0 Å². The lowest BCUT2D eigenvalue weighted by molar-refractivity contribution is -0.137. The number of piperazine rings is 1. The average Bonchev–Trinajstić information content (AvgIpc) is 2.30. The lowest BCUT2D eigenvalue weighted by Crippen LogP contribution is -2.54. The van der Waals surface area contributed by atoms with E-state index in [0.29, 0.717) is 25.4 Å². The number of rotatable bonds is 6. The van der Waals surface area contributed by atoms with Crippen LogP contribution in [-0.4, -0.2) is 73.1 Å². The van der Waals surface area contributed by atoms with Crippen molar-refractivity contribution >= 4 is 11.9 Å². The van der Waals surface area contributed by atoms with Gasteiger partial charge in [0.2, 0.25) is 5.91 Å². The third kappa shape index (κ3) is 5.46. The Bertz CT molecular complexity index is 296. The van der Waals surface area contributed by atoms with Crippen molar-refractivity contribution in [3.05, 3.63) is 0 Å². The van der Waals surface area contributed by atoms with E-state index < -0.39 is 5.97 Å². The van der Waals surface area contributed by atoms with Gasteiger partial charge in [0.15, 0.2) is 0 Å². The van der Waals surface area contributed by atoms with Gasteiger partial charge in [-0.1, -0.05) is 0 Å². The normalized spacial score (nSPS) is 21.8. The predicted molar refractivity (Wildman–Crippen MR) is 68.4 cm³/mol. The van der Waals surface area contributed by atoms with Crippen LogP contribution in [0, 0.1) is 0 Å². The van der Waals surface area contributed by atoms with E-state index in [9.17, 15) is 9.59 Å². The molecule has 1 amide bonds. The van der Waals surface area contributed by atoms with Crippen LogP contribution in [0.5, 0.6) is 0 Å². The highest BCUT2D eigenvalue weighted by Crippen LogP contribution is 2.05. The fourth-order valence-corrected chi connectivity index (χ4v) is 2.04. The van der Waals surface area contributed by atoms with Crippen molar-refractivity contribution < 1.29 is 14.7 Å². The molecule has 0 aromatic heterocycles.